The lowest BCUT2D eigenvalue weighted by Gasteiger charge is -2.19. The van der Waals surface area contributed by atoms with Crippen molar-refractivity contribution < 1.29 is 8.78 Å². The molecular weight excluding hydrogens is 417 g/mol. The lowest BCUT2D eigenvalue weighted by molar-refractivity contribution is 0.531. The van der Waals surface area contributed by atoms with Crippen LogP contribution < -0.4 is 11.3 Å². The fourth-order valence-corrected chi connectivity index (χ4v) is 2.66. The van der Waals surface area contributed by atoms with Gasteiger partial charge in [-0.15, -0.1) is 0 Å². The quantitative estimate of drug-likeness (QED) is 0.424. The molecule has 0 aliphatic heterocycles. The first-order valence-corrected chi connectivity index (χ1v) is 7.46. The maximum absolute atomic E-state index is 14.2. The first kappa shape index (κ1) is 15.9. The highest BCUT2D eigenvalue weighted by Crippen LogP contribution is 2.33. The normalized spacial score (nSPS) is 12.5. The molecule has 0 saturated heterocycles. The van der Waals surface area contributed by atoms with Gasteiger partial charge in [0.25, 0.3) is 0 Å². The molecule has 2 rings (SSSR count). The van der Waals surface area contributed by atoms with E-state index in [2.05, 4.69) is 37.3 Å². The van der Waals surface area contributed by atoms with E-state index in [0.29, 0.717) is 8.95 Å². The third-order valence-electron chi connectivity index (χ3n) is 2.82. The zero-order valence-corrected chi connectivity index (χ0v) is 13.9. The SMILES string of the molecule is NNC(c1ccc(Br)cc1F)c1ccc(Br)c(Cl)c1F. The van der Waals surface area contributed by atoms with Gasteiger partial charge >= 0.3 is 0 Å². The van der Waals surface area contributed by atoms with E-state index in [9.17, 15) is 8.78 Å². The molecule has 0 aliphatic carbocycles. The third kappa shape index (κ3) is 3.04. The Morgan fingerprint density at radius 3 is 2.35 bits per heavy atom. The standard InChI is InChI=1S/C13H9Br2ClF2N2/c14-6-1-2-7(10(17)5-6)13(20-19)8-3-4-9(15)11(16)12(8)18/h1-5,13,20H,19H2. The molecule has 0 radical (unpaired) electrons. The van der Waals surface area contributed by atoms with Crippen molar-refractivity contribution in [1.82, 2.24) is 5.43 Å². The van der Waals surface area contributed by atoms with E-state index in [0.717, 1.165) is 0 Å². The second kappa shape index (κ2) is 6.49. The fourth-order valence-electron chi connectivity index (χ4n) is 1.85. The summed E-state index contributed by atoms with van der Waals surface area (Å²) in [5, 5.41) is -0.0692. The Morgan fingerprint density at radius 1 is 1.10 bits per heavy atom. The Kier molecular flexibility index (Phi) is 5.14. The van der Waals surface area contributed by atoms with Crippen molar-refractivity contribution in [2.24, 2.45) is 5.84 Å². The Morgan fingerprint density at radius 2 is 1.75 bits per heavy atom. The summed E-state index contributed by atoms with van der Waals surface area (Å²) in [7, 11) is 0. The lowest BCUT2D eigenvalue weighted by Crippen LogP contribution is -2.30. The van der Waals surface area contributed by atoms with E-state index in [1.54, 1.807) is 12.1 Å². The maximum atomic E-state index is 14.2. The Labute approximate surface area is 136 Å². The Bertz CT molecular complexity index is 653. The first-order valence-electron chi connectivity index (χ1n) is 5.50. The van der Waals surface area contributed by atoms with Crippen LogP contribution in [0.15, 0.2) is 39.3 Å². The number of hydrogen-bond donors (Lipinski definition) is 2. The molecular formula is C13H9Br2ClF2N2. The maximum Gasteiger partial charge on any atom is 0.148 e. The summed E-state index contributed by atoms with van der Waals surface area (Å²) in [5.74, 6) is 4.30. The summed E-state index contributed by atoms with van der Waals surface area (Å²) in [6, 6.07) is 6.71. The number of halogens is 5. The number of hydrazine groups is 1. The van der Waals surface area contributed by atoms with Crippen molar-refractivity contribution in [2.75, 3.05) is 0 Å². The highest BCUT2D eigenvalue weighted by molar-refractivity contribution is 9.10. The fraction of sp³-hybridized carbons (Fsp3) is 0.0769. The molecule has 2 aromatic carbocycles. The summed E-state index contributed by atoms with van der Waals surface area (Å²) >= 11 is 12.1. The second-order valence-corrected chi connectivity index (χ2v) is 6.18. The second-order valence-electron chi connectivity index (χ2n) is 4.03. The molecule has 0 heterocycles. The minimum absolute atomic E-state index is 0.0692. The summed E-state index contributed by atoms with van der Waals surface area (Å²) in [4.78, 5) is 0. The number of benzene rings is 2. The predicted octanol–water partition coefficient (Wildman–Crippen LogP) is 4.70. The van der Waals surface area contributed by atoms with Crippen molar-refractivity contribution in [3.63, 3.8) is 0 Å². The van der Waals surface area contributed by atoms with Gasteiger partial charge in [-0.3, -0.25) is 5.84 Å². The topological polar surface area (TPSA) is 38.0 Å². The summed E-state index contributed by atoms with van der Waals surface area (Å²) in [6.45, 7) is 0. The van der Waals surface area contributed by atoms with Gasteiger partial charge in [-0.05, 0) is 34.1 Å². The van der Waals surface area contributed by atoms with Gasteiger partial charge in [0.2, 0.25) is 0 Å². The molecule has 0 aliphatic rings. The van der Waals surface area contributed by atoms with Crippen LogP contribution in [0.3, 0.4) is 0 Å². The zero-order valence-electron chi connectivity index (χ0n) is 9.93. The number of rotatable bonds is 3. The number of hydrogen-bond acceptors (Lipinski definition) is 2. The molecule has 7 heteroatoms. The van der Waals surface area contributed by atoms with Crippen LogP contribution in [0.5, 0.6) is 0 Å². The van der Waals surface area contributed by atoms with Gasteiger partial charge in [0, 0.05) is 20.1 Å². The van der Waals surface area contributed by atoms with Gasteiger partial charge < -0.3 is 0 Å². The molecule has 20 heavy (non-hydrogen) atoms. The van der Waals surface area contributed by atoms with Crippen LogP contribution in [0.4, 0.5) is 8.78 Å². The third-order valence-corrected chi connectivity index (χ3v) is 4.57. The highest BCUT2D eigenvalue weighted by atomic mass is 79.9. The van der Waals surface area contributed by atoms with E-state index in [4.69, 9.17) is 17.4 Å². The van der Waals surface area contributed by atoms with Crippen LogP contribution in [-0.2, 0) is 0 Å². The molecule has 0 aromatic heterocycles. The minimum atomic E-state index is -0.839. The summed E-state index contributed by atoms with van der Waals surface area (Å²) in [5.41, 5.74) is 2.81. The lowest BCUT2D eigenvalue weighted by atomic mass is 9.98. The Hall–Kier alpha value is -0.530. The minimum Gasteiger partial charge on any atom is -0.271 e. The summed E-state index contributed by atoms with van der Waals surface area (Å²) in [6.07, 6.45) is 0. The van der Waals surface area contributed by atoms with Crippen molar-refractivity contribution in [3.8, 4) is 0 Å². The zero-order chi connectivity index (χ0) is 14.9. The average molecular weight is 426 g/mol. The first-order chi connectivity index (χ1) is 9.45. The predicted molar refractivity (Wildman–Crippen MR) is 82.4 cm³/mol. The van der Waals surface area contributed by atoms with Gasteiger partial charge in [0.1, 0.15) is 11.6 Å². The highest BCUT2D eigenvalue weighted by Gasteiger charge is 2.22. The van der Waals surface area contributed by atoms with Crippen LogP contribution in [0.25, 0.3) is 0 Å². The average Bonchev–Trinajstić information content (AvgIpc) is 2.41. The van der Waals surface area contributed by atoms with E-state index < -0.39 is 17.7 Å². The van der Waals surface area contributed by atoms with Gasteiger partial charge in [0.05, 0.1) is 11.1 Å². The van der Waals surface area contributed by atoms with Crippen molar-refractivity contribution in [3.05, 3.63) is 67.1 Å². The monoisotopic (exact) mass is 424 g/mol. The van der Waals surface area contributed by atoms with Crippen LogP contribution in [0.1, 0.15) is 17.2 Å². The number of nitrogens with two attached hydrogens (primary N) is 1. The smallest absolute Gasteiger partial charge is 0.148 e. The largest absolute Gasteiger partial charge is 0.271 e. The van der Waals surface area contributed by atoms with Gasteiger partial charge in [-0.25, -0.2) is 14.2 Å². The molecule has 0 spiro atoms. The van der Waals surface area contributed by atoms with Crippen molar-refractivity contribution in [2.45, 2.75) is 6.04 Å². The van der Waals surface area contributed by atoms with E-state index in [1.807, 2.05) is 0 Å². The molecule has 0 fully saturated rings. The summed E-state index contributed by atoms with van der Waals surface area (Å²) < 4.78 is 29.2. The van der Waals surface area contributed by atoms with Crippen LogP contribution in [0.2, 0.25) is 5.02 Å². The van der Waals surface area contributed by atoms with Crippen molar-refractivity contribution in [1.29, 1.82) is 0 Å². The van der Waals surface area contributed by atoms with E-state index >= 15 is 0 Å². The molecule has 2 aromatic rings. The Balaban J connectivity index is 2.55. The molecule has 3 N–H and O–H groups in total. The molecule has 0 amide bonds. The van der Waals surface area contributed by atoms with Gasteiger partial charge in [-0.2, -0.15) is 0 Å². The van der Waals surface area contributed by atoms with Gasteiger partial charge in [0.15, 0.2) is 0 Å². The molecule has 106 valence electrons. The molecule has 0 saturated carbocycles. The van der Waals surface area contributed by atoms with E-state index in [1.165, 1.54) is 18.2 Å². The van der Waals surface area contributed by atoms with Crippen LogP contribution in [-0.4, -0.2) is 0 Å². The van der Waals surface area contributed by atoms with Crippen LogP contribution >= 0.6 is 43.5 Å². The molecule has 0 bridgehead atoms. The molecule has 1 atom stereocenters. The van der Waals surface area contributed by atoms with Gasteiger partial charge in [-0.1, -0.05) is 39.7 Å². The molecule has 1 unspecified atom stereocenters. The molecule has 2 nitrogen and oxygen atoms in total. The van der Waals surface area contributed by atoms with Crippen LogP contribution in [0, 0.1) is 11.6 Å². The number of nitrogens with one attached hydrogen (secondary N) is 1. The van der Waals surface area contributed by atoms with Crippen molar-refractivity contribution >= 4 is 43.5 Å². The van der Waals surface area contributed by atoms with E-state index in [-0.39, 0.29) is 16.1 Å².